The molecule has 0 radical (unpaired) electrons. The van der Waals surface area contributed by atoms with E-state index in [0.29, 0.717) is 5.69 Å². The number of imidazole rings is 1. The highest BCUT2D eigenvalue weighted by molar-refractivity contribution is 5.90. The lowest BCUT2D eigenvalue weighted by Gasteiger charge is -2.14. The number of amides is 3. The van der Waals surface area contributed by atoms with Crippen molar-refractivity contribution in [2.45, 2.75) is 31.3 Å². The quantitative estimate of drug-likeness (QED) is 0.190. The number of nitrogens with zero attached hydrogens (tertiary/aromatic N) is 1. The molecule has 28 heavy (non-hydrogen) atoms. The van der Waals surface area contributed by atoms with Gasteiger partial charge in [0.1, 0.15) is 6.04 Å². The van der Waals surface area contributed by atoms with Crippen LogP contribution in [0.5, 0.6) is 0 Å². The van der Waals surface area contributed by atoms with Crippen LogP contribution < -0.4 is 21.7 Å². The predicted molar refractivity (Wildman–Crippen MR) is 92.7 cm³/mol. The lowest BCUT2D eigenvalue weighted by atomic mass is 10.1. The van der Waals surface area contributed by atoms with E-state index in [-0.39, 0.29) is 12.8 Å². The van der Waals surface area contributed by atoms with Crippen LogP contribution in [-0.4, -0.2) is 75.0 Å². The molecule has 154 valence electrons. The second kappa shape index (κ2) is 11.3. The van der Waals surface area contributed by atoms with Gasteiger partial charge in [0.05, 0.1) is 25.5 Å². The van der Waals surface area contributed by atoms with Crippen LogP contribution in [0.3, 0.4) is 0 Å². The van der Waals surface area contributed by atoms with Crippen LogP contribution in [0.1, 0.15) is 18.5 Å². The van der Waals surface area contributed by atoms with Gasteiger partial charge in [-0.2, -0.15) is 0 Å². The summed E-state index contributed by atoms with van der Waals surface area (Å²) in [5, 5.41) is 24.1. The summed E-state index contributed by atoms with van der Waals surface area (Å²) in [5.74, 6) is -4.66. The molecule has 0 saturated carbocycles. The highest BCUT2D eigenvalue weighted by Crippen LogP contribution is 1.98. The van der Waals surface area contributed by atoms with Crippen LogP contribution >= 0.6 is 0 Å². The topological polar surface area (TPSA) is 217 Å². The number of carbonyl (C=O) groups excluding carboxylic acids is 3. The summed E-state index contributed by atoms with van der Waals surface area (Å²) in [7, 11) is 0. The van der Waals surface area contributed by atoms with Crippen molar-refractivity contribution in [2.24, 2.45) is 5.73 Å². The Morgan fingerprint density at radius 2 is 1.79 bits per heavy atom. The molecule has 0 aromatic carbocycles. The number of carboxylic acid groups (broad SMARTS) is 2. The average Bonchev–Trinajstić information content (AvgIpc) is 3.13. The van der Waals surface area contributed by atoms with E-state index in [2.05, 4.69) is 25.9 Å². The number of aromatic nitrogens is 2. The molecular formula is C15H22N6O7. The highest BCUT2D eigenvalue weighted by atomic mass is 16.4. The fraction of sp³-hybridized carbons (Fsp3) is 0.467. The third-order valence-corrected chi connectivity index (χ3v) is 3.48. The van der Waals surface area contributed by atoms with Crippen molar-refractivity contribution in [2.75, 3.05) is 13.1 Å². The largest absolute Gasteiger partial charge is 0.481 e. The average molecular weight is 398 g/mol. The van der Waals surface area contributed by atoms with E-state index in [4.69, 9.17) is 15.9 Å². The standard InChI is InChI=1S/C15H22N6O7/c16-9(3-8-4-17-7-20-8)14(26)19-5-11(22)18-6-12(23)21-10(15(27)28)1-2-13(24)25/h4,7,9-10H,1-3,5-6,16H2,(H,17,20)(H,18,22)(H,19,26)(H,21,23)(H,24,25)(H,27,28)/t9-,10-/m0/s1. The van der Waals surface area contributed by atoms with Crippen LogP contribution in [0.2, 0.25) is 0 Å². The van der Waals surface area contributed by atoms with Crippen molar-refractivity contribution in [3.05, 3.63) is 18.2 Å². The number of hydrogen-bond acceptors (Lipinski definition) is 7. The van der Waals surface area contributed by atoms with E-state index in [0.717, 1.165) is 0 Å². The fourth-order valence-corrected chi connectivity index (χ4v) is 2.04. The number of hydrogen-bond donors (Lipinski definition) is 7. The van der Waals surface area contributed by atoms with Crippen molar-refractivity contribution >= 4 is 29.7 Å². The lowest BCUT2D eigenvalue weighted by molar-refractivity contribution is -0.143. The highest BCUT2D eigenvalue weighted by Gasteiger charge is 2.21. The van der Waals surface area contributed by atoms with Gasteiger partial charge >= 0.3 is 11.9 Å². The van der Waals surface area contributed by atoms with Gasteiger partial charge in [0.15, 0.2) is 0 Å². The Bertz CT molecular complexity index is 706. The van der Waals surface area contributed by atoms with E-state index >= 15 is 0 Å². The molecule has 1 heterocycles. The van der Waals surface area contributed by atoms with Crippen LogP contribution in [0, 0.1) is 0 Å². The number of H-pyrrole nitrogens is 1. The molecule has 0 aliphatic carbocycles. The van der Waals surface area contributed by atoms with E-state index in [1.165, 1.54) is 12.5 Å². The molecule has 0 spiro atoms. The molecule has 2 atom stereocenters. The minimum Gasteiger partial charge on any atom is -0.481 e. The lowest BCUT2D eigenvalue weighted by Crippen LogP contribution is -2.49. The summed E-state index contributed by atoms with van der Waals surface area (Å²) in [6, 6.07) is -2.29. The first-order valence-corrected chi connectivity index (χ1v) is 8.20. The molecule has 1 rings (SSSR count). The van der Waals surface area contributed by atoms with E-state index in [9.17, 15) is 24.0 Å². The van der Waals surface area contributed by atoms with Gasteiger partial charge in [-0.25, -0.2) is 9.78 Å². The Morgan fingerprint density at radius 1 is 1.11 bits per heavy atom. The summed E-state index contributed by atoms with van der Waals surface area (Å²) in [6.45, 7) is -0.962. The van der Waals surface area contributed by atoms with Crippen molar-refractivity contribution in [3.63, 3.8) is 0 Å². The van der Waals surface area contributed by atoms with Gasteiger partial charge in [0.25, 0.3) is 0 Å². The van der Waals surface area contributed by atoms with Gasteiger partial charge in [-0.05, 0) is 6.42 Å². The van der Waals surface area contributed by atoms with Gasteiger partial charge in [0.2, 0.25) is 17.7 Å². The number of rotatable bonds is 12. The Morgan fingerprint density at radius 3 is 2.36 bits per heavy atom. The summed E-state index contributed by atoms with van der Waals surface area (Å²) >= 11 is 0. The third kappa shape index (κ3) is 8.75. The first-order chi connectivity index (χ1) is 13.2. The molecule has 1 aromatic rings. The number of carbonyl (C=O) groups is 5. The number of nitrogens with one attached hydrogen (secondary N) is 4. The van der Waals surface area contributed by atoms with E-state index in [1.807, 2.05) is 0 Å². The van der Waals surface area contributed by atoms with Crippen LogP contribution in [0.4, 0.5) is 0 Å². The fourth-order valence-electron chi connectivity index (χ4n) is 2.04. The molecule has 0 aliphatic rings. The van der Waals surface area contributed by atoms with Gasteiger partial charge in [-0.3, -0.25) is 19.2 Å². The van der Waals surface area contributed by atoms with E-state index in [1.54, 1.807) is 0 Å². The monoisotopic (exact) mass is 398 g/mol. The van der Waals surface area contributed by atoms with Crippen molar-refractivity contribution in [1.29, 1.82) is 0 Å². The zero-order valence-corrected chi connectivity index (χ0v) is 14.8. The molecule has 8 N–H and O–H groups in total. The maximum Gasteiger partial charge on any atom is 0.326 e. The number of carboxylic acids is 2. The number of aliphatic carboxylic acids is 2. The van der Waals surface area contributed by atoms with Crippen LogP contribution in [0.15, 0.2) is 12.5 Å². The number of aromatic amines is 1. The smallest absolute Gasteiger partial charge is 0.326 e. The molecule has 0 bridgehead atoms. The van der Waals surface area contributed by atoms with Crippen LogP contribution in [-0.2, 0) is 30.4 Å². The molecule has 0 saturated heterocycles. The second-order valence-electron chi connectivity index (χ2n) is 5.77. The third-order valence-electron chi connectivity index (χ3n) is 3.48. The Labute approximate surface area is 159 Å². The zero-order valence-electron chi connectivity index (χ0n) is 14.8. The molecule has 13 heteroatoms. The molecule has 13 nitrogen and oxygen atoms in total. The van der Waals surface area contributed by atoms with E-state index < -0.39 is 61.3 Å². The Hall–Kier alpha value is -3.48. The SMILES string of the molecule is N[C@@H](Cc1cnc[nH]1)C(=O)NCC(=O)NCC(=O)N[C@@H](CCC(=O)O)C(=O)O. The summed E-state index contributed by atoms with van der Waals surface area (Å²) < 4.78 is 0. The first kappa shape index (κ1) is 22.6. The number of nitrogens with two attached hydrogens (primary N) is 1. The summed E-state index contributed by atoms with van der Waals surface area (Å²) in [6.07, 6.45) is 2.42. The normalized spacial score (nSPS) is 12.5. The Kier molecular flexibility index (Phi) is 9.09. The molecule has 1 aromatic heterocycles. The zero-order chi connectivity index (χ0) is 21.1. The van der Waals surface area contributed by atoms with Gasteiger partial charge in [0, 0.05) is 24.7 Å². The first-order valence-electron chi connectivity index (χ1n) is 8.20. The van der Waals surface area contributed by atoms with Crippen molar-refractivity contribution in [3.8, 4) is 0 Å². The maximum atomic E-state index is 11.8. The predicted octanol–water partition coefficient (Wildman–Crippen LogP) is -3.05. The summed E-state index contributed by atoms with van der Waals surface area (Å²) in [5.41, 5.74) is 6.35. The second-order valence-corrected chi connectivity index (χ2v) is 5.77. The summed E-state index contributed by atoms with van der Waals surface area (Å²) in [4.78, 5) is 63.2. The minimum atomic E-state index is -1.39. The minimum absolute atomic E-state index is 0.197. The van der Waals surface area contributed by atoms with Crippen LogP contribution in [0.25, 0.3) is 0 Å². The van der Waals surface area contributed by atoms with Gasteiger partial charge in [-0.15, -0.1) is 0 Å². The molecular weight excluding hydrogens is 376 g/mol. The molecule has 3 amide bonds. The van der Waals surface area contributed by atoms with Gasteiger partial charge in [-0.1, -0.05) is 0 Å². The van der Waals surface area contributed by atoms with Crippen molar-refractivity contribution < 1.29 is 34.2 Å². The molecule has 0 aliphatic heterocycles. The molecule has 0 fully saturated rings. The maximum absolute atomic E-state index is 11.8. The Balaban J connectivity index is 2.30. The van der Waals surface area contributed by atoms with Crippen molar-refractivity contribution in [1.82, 2.24) is 25.9 Å². The van der Waals surface area contributed by atoms with Gasteiger partial charge < -0.3 is 36.9 Å². The molecule has 0 unspecified atom stereocenters.